The largest absolute Gasteiger partial charge is 0.304 e. The number of hydrogen-bond acceptors (Lipinski definition) is 4. The van der Waals surface area contributed by atoms with Gasteiger partial charge in [0.2, 0.25) is 0 Å². The molecular weight excluding hydrogens is 252 g/mol. The molecule has 0 amide bonds. The maximum absolute atomic E-state index is 4.45. The normalized spacial score (nSPS) is 12.8. The van der Waals surface area contributed by atoms with Crippen LogP contribution < -0.4 is 5.32 Å². The van der Waals surface area contributed by atoms with Crippen molar-refractivity contribution in [3.05, 3.63) is 29.3 Å². The number of nitrogens with one attached hydrogen (secondary N) is 1. The third-order valence-corrected chi connectivity index (χ3v) is 3.31. The number of aryl methyl sites for hydroxylation is 3. The quantitative estimate of drug-likeness (QED) is 0.838. The molecule has 0 spiro atoms. The van der Waals surface area contributed by atoms with Gasteiger partial charge in [0.05, 0.1) is 29.3 Å². The topological polar surface area (TPSA) is 60.6 Å². The van der Waals surface area contributed by atoms with Gasteiger partial charge in [-0.25, -0.2) is 4.68 Å². The zero-order valence-corrected chi connectivity index (χ0v) is 12.8. The highest BCUT2D eigenvalue weighted by molar-refractivity contribution is 5.22. The second-order valence-electron chi connectivity index (χ2n) is 5.10. The van der Waals surface area contributed by atoms with Crippen LogP contribution in [-0.2, 0) is 13.6 Å². The molecule has 0 saturated heterocycles. The predicted octanol–water partition coefficient (Wildman–Crippen LogP) is 1.82. The van der Waals surface area contributed by atoms with Gasteiger partial charge in [0.15, 0.2) is 0 Å². The van der Waals surface area contributed by atoms with Crippen molar-refractivity contribution in [3.8, 4) is 0 Å². The molecule has 2 aromatic rings. The molecular formula is C14H24N6. The molecule has 0 radical (unpaired) electrons. The van der Waals surface area contributed by atoms with Gasteiger partial charge in [-0.2, -0.15) is 5.10 Å². The molecule has 0 fully saturated rings. The number of aromatic nitrogens is 5. The lowest BCUT2D eigenvalue weighted by molar-refractivity contribution is 0.486. The van der Waals surface area contributed by atoms with E-state index in [1.807, 2.05) is 29.5 Å². The van der Waals surface area contributed by atoms with E-state index in [-0.39, 0.29) is 6.04 Å². The van der Waals surface area contributed by atoms with Crippen molar-refractivity contribution >= 4 is 0 Å². The Bertz CT molecular complexity index is 542. The Morgan fingerprint density at radius 1 is 1.25 bits per heavy atom. The average molecular weight is 276 g/mol. The molecule has 0 aliphatic rings. The first-order chi connectivity index (χ1) is 9.67. The van der Waals surface area contributed by atoms with Crippen LogP contribution in [0, 0.1) is 6.92 Å². The Kier molecular flexibility index (Phi) is 4.89. The second kappa shape index (κ2) is 6.65. The summed E-state index contributed by atoms with van der Waals surface area (Å²) in [6, 6.07) is 2.21. The summed E-state index contributed by atoms with van der Waals surface area (Å²) in [5, 5.41) is 16.3. The third kappa shape index (κ3) is 3.07. The minimum Gasteiger partial charge on any atom is -0.304 e. The van der Waals surface area contributed by atoms with Gasteiger partial charge in [-0.05, 0) is 32.4 Å². The first-order valence-electron chi connectivity index (χ1n) is 7.29. The summed E-state index contributed by atoms with van der Waals surface area (Å²) < 4.78 is 3.92. The lowest BCUT2D eigenvalue weighted by Crippen LogP contribution is -2.27. The molecule has 110 valence electrons. The Balaban J connectivity index is 2.36. The molecule has 2 aromatic heterocycles. The first kappa shape index (κ1) is 14.7. The highest BCUT2D eigenvalue weighted by atomic mass is 15.4. The van der Waals surface area contributed by atoms with Gasteiger partial charge in [-0.15, -0.1) is 5.10 Å². The molecule has 6 nitrogen and oxygen atoms in total. The lowest BCUT2D eigenvalue weighted by Gasteiger charge is -2.19. The highest BCUT2D eigenvalue weighted by Crippen LogP contribution is 2.22. The minimum atomic E-state index is 0.0858. The van der Waals surface area contributed by atoms with Crippen LogP contribution in [0.1, 0.15) is 49.8 Å². The van der Waals surface area contributed by atoms with Crippen molar-refractivity contribution < 1.29 is 0 Å². The van der Waals surface area contributed by atoms with Crippen molar-refractivity contribution in [3.63, 3.8) is 0 Å². The van der Waals surface area contributed by atoms with E-state index < -0.39 is 0 Å². The Labute approximate surface area is 120 Å². The number of hydrogen-bond donors (Lipinski definition) is 1. The van der Waals surface area contributed by atoms with E-state index in [4.69, 9.17) is 0 Å². The first-order valence-corrected chi connectivity index (χ1v) is 7.29. The molecule has 0 aliphatic heterocycles. The molecule has 1 atom stereocenters. The van der Waals surface area contributed by atoms with E-state index in [2.05, 4.69) is 40.6 Å². The number of rotatable bonds is 7. The van der Waals surface area contributed by atoms with Crippen molar-refractivity contribution in [2.24, 2.45) is 7.05 Å². The minimum absolute atomic E-state index is 0.0858. The number of nitrogens with zero attached hydrogens (tertiary/aromatic N) is 5. The van der Waals surface area contributed by atoms with Gasteiger partial charge in [0.1, 0.15) is 0 Å². The van der Waals surface area contributed by atoms with Crippen LogP contribution in [0.5, 0.6) is 0 Å². The SMILES string of the molecule is CCCNC(c1cc(C)nn1C)c1cnnn1CCC. The summed E-state index contributed by atoms with van der Waals surface area (Å²) >= 11 is 0. The van der Waals surface area contributed by atoms with Crippen LogP contribution in [0.4, 0.5) is 0 Å². The molecule has 1 unspecified atom stereocenters. The molecule has 2 heterocycles. The van der Waals surface area contributed by atoms with Crippen molar-refractivity contribution in [1.82, 2.24) is 30.1 Å². The summed E-state index contributed by atoms with van der Waals surface area (Å²) in [4.78, 5) is 0. The summed E-state index contributed by atoms with van der Waals surface area (Å²) in [6.07, 6.45) is 3.98. The van der Waals surface area contributed by atoms with E-state index in [9.17, 15) is 0 Å². The third-order valence-electron chi connectivity index (χ3n) is 3.31. The fourth-order valence-electron chi connectivity index (χ4n) is 2.42. The lowest BCUT2D eigenvalue weighted by atomic mass is 10.1. The highest BCUT2D eigenvalue weighted by Gasteiger charge is 2.21. The molecule has 20 heavy (non-hydrogen) atoms. The van der Waals surface area contributed by atoms with Crippen LogP contribution in [0.15, 0.2) is 12.3 Å². The monoisotopic (exact) mass is 276 g/mol. The molecule has 0 saturated carbocycles. The van der Waals surface area contributed by atoms with Crippen molar-refractivity contribution in [2.45, 2.75) is 46.2 Å². The zero-order chi connectivity index (χ0) is 14.5. The molecule has 0 bridgehead atoms. The van der Waals surface area contributed by atoms with E-state index in [1.165, 1.54) is 0 Å². The van der Waals surface area contributed by atoms with E-state index in [1.54, 1.807) is 0 Å². The molecule has 0 aliphatic carbocycles. The smallest absolute Gasteiger partial charge is 0.0935 e. The average Bonchev–Trinajstić information content (AvgIpc) is 2.99. The van der Waals surface area contributed by atoms with Crippen LogP contribution in [0.2, 0.25) is 0 Å². The van der Waals surface area contributed by atoms with Gasteiger partial charge >= 0.3 is 0 Å². The van der Waals surface area contributed by atoms with Crippen LogP contribution in [-0.4, -0.2) is 31.3 Å². The van der Waals surface area contributed by atoms with E-state index in [0.717, 1.165) is 43.0 Å². The van der Waals surface area contributed by atoms with E-state index in [0.29, 0.717) is 0 Å². The molecule has 0 aromatic carbocycles. The van der Waals surface area contributed by atoms with Gasteiger partial charge in [-0.1, -0.05) is 19.1 Å². The summed E-state index contributed by atoms with van der Waals surface area (Å²) in [6.45, 7) is 8.17. The van der Waals surface area contributed by atoms with Crippen molar-refractivity contribution in [1.29, 1.82) is 0 Å². The van der Waals surface area contributed by atoms with E-state index >= 15 is 0 Å². The van der Waals surface area contributed by atoms with Gasteiger partial charge in [0, 0.05) is 13.6 Å². The maximum Gasteiger partial charge on any atom is 0.0935 e. The van der Waals surface area contributed by atoms with Gasteiger partial charge in [0.25, 0.3) is 0 Å². The van der Waals surface area contributed by atoms with Crippen LogP contribution in [0.25, 0.3) is 0 Å². The predicted molar refractivity (Wildman–Crippen MR) is 78.4 cm³/mol. The molecule has 2 rings (SSSR count). The van der Waals surface area contributed by atoms with Gasteiger partial charge in [-0.3, -0.25) is 4.68 Å². The standard InChI is InChI=1S/C14H24N6/c1-5-7-15-14(12-9-11(3)17-19(12)4)13-10-16-18-20(13)8-6-2/h9-10,14-15H,5-8H2,1-4H3. The summed E-state index contributed by atoms with van der Waals surface area (Å²) in [7, 11) is 1.98. The summed E-state index contributed by atoms with van der Waals surface area (Å²) in [5.41, 5.74) is 3.28. The van der Waals surface area contributed by atoms with Crippen LogP contribution >= 0.6 is 0 Å². The maximum atomic E-state index is 4.45. The van der Waals surface area contributed by atoms with Gasteiger partial charge < -0.3 is 5.32 Å². The summed E-state index contributed by atoms with van der Waals surface area (Å²) in [5.74, 6) is 0. The molecule has 6 heteroatoms. The fourth-order valence-corrected chi connectivity index (χ4v) is 2.42. The Morgan fingerprint density at radius 2 is 2.05 bits per heavy atom. The Hall–Kier alpha value is -1.69. The molecule has 1 N–H and O–H groups in total. The second-order valence-corrected chi connectivity index (χ2v) is 5.10. The fraction of sp³-hybridized carbons (Fsp3) is 0.643. The Morgan fingerprint density at radius 3 is 2.65 bits per heavy atom. The van der Waals surface area contributed by atoms with Crippen LogP contribution in [0.3, 0.4) is 0 Å². The van der Waals surface area contributed by atoms with Crippen molar-refractivity contribution in [2.75, 3.05) is 6.54 Å². The zero-order valence-electron chi connectivity index (χ0n) is 12.8.